The minimum atomic E-state index is -0.973. The second-order valence-corrected chi connectivity index (χ2v) is 7.20. The normalized spacial score (nSPS) is 12.3. The molecule has 0 saturated carbocycles. The van der Waals surface area contributed by atoms with E-state index in [1.807, 2.05) is 25.1 Å². The molecular weight excluding hydrogens is 338 g/mol. The maximum Gasteiger partial charge on any atom is 0.303 e. The number of amides is 1. The molecule has 1 amide bonds. The number of hydrogen-bond acceptors (Lipinski definition) is 5. The van der Waals surface area contributed by atoms with E-state index in [4.69, 9.17) is 10.1 Å². The zero-order valence-corrected chi connectivity index (χ0v) is 14.9. The van der Waals surface area contributed by atoms with E-state index in [9.17, 15) is 9.59 Å². The van der Waals surface area contributed by atoms with Gasteiger partial charge in [-0.2, -0.15) is 0 Å². The van der Waals surface area contributed by atoms with Crippen molar-refractivity contribution in [1.29, 1.82) is 0 Å². The quantitative estimate of drug-likeness (QED) is 0.760. The number of nitrogens with one attached hydrogen (secondary N) is 2. The Morgan fingerprint density at radius 3 is 2.80 bits per heavy atom. The van der Waals surface area contributed by atoms with E-state index in [1.54, 1.807) is 11.3 Å². The average molecular weight is 357 g/mol. The molecule has 0 unspecified atom stereocenters. The van der Waals surface area contributed by atoms with Gasteiger partial charge in [-0.05, 0) is 37.6 Å². The summed E-state index contributed by atoms with van der Waals surface area (Å²) in [5, 5.41) is 15.9. The second kappa shape index (κ2) is 7.06. The highest BCUT2D eigenvalue weighted by Crippen LogP contribution is 2.38. The van der Waals surface area contributed by atoms with Crippen LogP contribution in [0.15, 0.2) is 29.3 Å². The number of hydrogen-bond donors (Lipinski definition) is 3. The van der Waals surface area contributed by atoms with Crippen LogP contribution in [-0.4, -0.2) is 22.7 Å². The van der Waals surface area contributed by atoms with Gasteiger partial charge < -0.3 is 15.7 Å². The lowest BCUT2D eigenvalue weighted by molar-refractivity contribution is -0.138. The SMILES string of the molecule is CC1=Nc2cc(CNC(=O)CCC(=O)O)ccc2Nc2sc(C)cc21. The van der Waals surface area contributed by atoms with Crippen molar-refractivity contribution in [2.45, 2.75) is 33.2 Å². The predicted molar refractivity (Wildman–Crippen MR) is 99.4 cm³/mol. The van der Waals surface area contributed by atoms with Crippen molar-refractivity contribution in [3.8, 4) is 0 Å². The molecule has 1 aromatic heterocycles. The number of aryl methyl sites for hydroxylation is 1. The van der Waals surface area contributed by atoms with Crippen molar-refractivity contribution in [3.63, 3.8) is 0 Å². The summed E-state index contributed by atoms with van der Waals surface area (Å²) >= 11 is 1.70. The maximum absolute atomic E-state index is 11.6. The number of nitrogens with zero attached hydrogens (tertiary/aromatic N) is 1. The zero-order chi connectivity index (χ0) is 18.0. The van der Waals surface area contributed by atoms with E-state index in [-0.39, 0.29) is 18.7 Å². The molecule has 0 atom stereocenters. The van der Waals surface area contributed by atoms with Crippen LogP contribution in [0, 0.1) is 6.92 Å². The highest BCUT2D eigenvalue weighted by atomic mass is 32.1. The minimum Gasteiger partial charge on any atom is -0.481 e. The molecule has 0 fully saturated rings. The summed E-state index contributed by atoms with van der Waals surface area (Å²) in [4.78, 5) is 28.1. The molecule has 3 rings (SSSR count). The number of rotatable bonds is 5. The fourth-order valence-electron chi connectivity index (χ4n) is 2.63. The van der Waals surface area contributed by atoms with Crippen LogP contribution in [0.2, 0.25) is 0 Å². The molecule has 0 bridgehead atoms. The topological polar surface area (TPSA) is 90.8 Å². The van der Waals surface area contributed by atoms with E-state index >= 15 is 0 Å². The third-order valence-corrected chi connectivity index (χ3v) is 4.87. The van der Waals surface area contributed by atoms with Crippen LogP contribution in [0.1, 0.15) is 35.8 Å². The van der Waals surface area contributed by atoms with Gasteiger partial charge in [0, 0.05) is 29.1 Å². The number of benzene rings is 1. The number of carbonyl (C=O) groups excluding carboxylic acids is 1. The Balaban J connectivity index is 1.74. The Morgan fingerprint density at radius 1 is 1.24 bits per heavy atom. The van der Waals surface area contributed by atoms with Gasteiger partial charge in [-0.25, -0.2) is 0 Å². The van der Waals surface area contributed by atoms with Crippen LogP contribution in [0.4, 0.5) is 16.4 Å². The van der Waals surface area contributed by atoms with E-state index < -0.39 is 5.97 Å². The maximum atomic E-state index is 11.6. The molecule has 0 spiro atoms. The standard InChI is InChI=1S/C18H19N3O3S/c1-10-7-13-11(2)20-15-8-12(3-4-14(15)21-18(13)25-10)9-19-16(22)5-6-17(23)24/h3-4,7-8,21H,5-6,9H2,1-2H3,(H,19,22)(H,23,24). The van der Waals surface area contributed by atoms with E-state index in [2.05, 4.69) is 23.6 Å². The minimum absolute atomic E-state index is 0.0152. The smallest absolute Gasteiger partial charge is 0.303 e. The zero-order valence-electron chi connectivity index (χ0n) is 14.0. The number of carboxylic acid groups (broad SMARTS) is 1. The van der Waals surface area contributed by atoms with Crippen LogP contribution < -0.4 is 10.6 Å². The predicted octanol–water partition coefficient (Wildman–Crippen LogP) is 3.74. The molecule has 0 saturated heterocycles. The van der Waals surface area contributed by atoms with E-state index in [0.717, 1.165) is 33.2 Å². The van der Waals surface area contributed by atoms with Gasteiger partial charge >= 0.3 is 5.97 Å². The molecule has 6 nitrogen and oxygen atoms in total. The number of thiophene rings is 1. The molecule has 7 heteroatoms. The molecule has 0 aliphatic carbocycles. The van der Waals surface area contributed by atoms with Crippen molar-refractivity contribution < 1.29 is 14.7 Å². The summed E-state index contributed by atoms with van der Waals surface area (Å²) in [5.74, 6) is -1.24. The van der Waals surface area contributed by atoms with Crippen LogP contribution >= 0.6 is 11.3 Å². The first-order valence-corrected chi connectivity index (χ1v) is 8.78. The van der Waals surface area contributed by atoms with Gasteiger partial charge in [-0.15, -0.1) is 11.3 Å². The van der Waals surface area contributed by atoms with Crippen molar-refractivity contribution in [2.75, 3.05) is 5.32 Å². The molecule has 130 valence electrons. The van der Waals surface area contributed by atoms with Gasteiger partial charge in [0.25, 0.3) is 0 Å². The summed E-state index contributed by atoms with van der Waals surface area (Å²) in [5.41, 5.74) is 4.74. The monoisotopic (exact) mass is 357 g/mol. The number of fused-ring (bicyclic) bond motifs is 2. The number of aliphatic carboxylic acids is 1. The van der Waals surface area contributed by atoms with Crippen LogP contribution in [0.25, 0.3) is 0 Å². The number of carboxylic acids is 1. The molecule has 0 radical (unpaired) electrons. The molecule has 3 N–H and O–H groups in total. The lowest BCUT2D eigenvalue weighted by Gasteiger charge is -2.09. The van der Waals surface area contributed by atoms with E-state index in [1.165, 1.54) is 4.88 Å². The van der Waals surface area contributed by atoms with Crippen molar-refractivity contribution >= 4 is 45.3 Å². The van der Waals surface area contributed by atoms with Crippen molar-refractivity contribution in [3.05, 3.63) is 40.3 Å². The number of carbonyl (C=O) groups is 2. The van der Waals surface area contributed by atoms with Gasteiger partial charge in [-0.3, -0.25) is 14.6 Å². The summed E-state index contributed by atoms with van der Waals surface area (Å²) in [6, 6.07) is 7.95. The lowest BCUT2D eigenvalue weighted by Crippen LogP contribution is -2.23. The number of anilines is 2. The average Bonchev–Trinajstić information content (AvgIpc) is 2.87. The fourth-order valence-corrected chi connectivity index (χ4v) is 3.61. The first kappa shape index (κ1) is 17.2. The summed E-state index contributed by atoms with van der Waals surface area (Å²) < 4.78 is 0. The molecular formula is C18H19N3O3S. The van der Waals surface area contributed by atoms with Crippen molar-refractivity contribution in [1.82, 2.24) is 5.32 Å². The van der Waals surface area contributed by atoms with Gasteiger partial charge in [0.15, 0.2) is 0 Å². The molecule has 1 aliphatic heterocycles. The molecule has 25 heavy (non-hydrogen) atoms. The molecule has 1 aromatic carbocycles. The van der Waals surface area contributed by atoms with Gasteiger partial charge in [0.2, 0.25) is 5.91 Å². The van der Waals surface area contributed by atoms with Crippen LogP contribution in [-0.2, 0) is 16.1 Å². The Morgan fingerprint density at radius 2 is 2.04 bits per heavy atom. The summed E-state index contributed by atoms with van der Waals surface area (Å²) in [6.07, 6.45) is -0.177. The Bertz CT molecular complexity index is 870. The van der Waals surface area contributed by atoms with Gasteiger partial charge in [-0.1, -0.05) is 6.07 Å². The Hall–Kier alpha value is -2.67. The molecule has 1 aliphatic rings. The summed E-state index contributed by atoms with van der Waals surface area (Å²) in [6.45, 7) is 4.41. The van der Waals surface area contributed by atoms with Crippen molar-refractivity contribution in [2.24, 2.45) is 4.99 Å². The Kier molecular flexibility index (Phi) is 4.85. The largest absolute Gasteiger partial charge is 0.481 e. The van der Waals surface area contributed by atoms with Gasteiger partial charge in [0.05, 0.1) is 17.8 Å². The molecule has 2 heterocycles. The van der Waals surface area contributed by atoms with Crippen LogP contribution in [0.5, 0.6) is 0 Å². The highest BCUT2D eigenvalue weighted by Gasteiger charge is 2.16. The third kappa shape index (κ3) is 4.06. The molecule has 2 aromatic rings. The fraction of sp³-hybridized carbons (Fsp3) is 0.278. The first-order valence-electron chi connectivity index (χ1n) is 7.97. The summed E-state index contributed by atoms with van der Waals surface area (Å²) in [7, 11) is 0. The second-order valence-electron chi connectivity index (χ2n) is 5.94. The number of aliphatic imine (C=N–C) groups is 1. The van der Waals surface area contributed by atoms with Gasteiger partial charge in [0.1, 0.15) is 5.00 Å². The van der Waals surface area contributed by atoms with Crippen LogP contribution in [0.3, 0.4) is 0 Å². The van der Waals surface area contributed by atoms with E-state index in [0.29, 0.717) is 6.54 Å². The first-order chi connectivity index (χ1) is 11.9. The lowest BCUT2D eigenvalue weighted by atomic mass is 10.1. The Labute approximate surface area is 149 Å². The third-order valence-electron chi connectivity index (χ3n) is 3.90. The highest BCUT2D eigenvalue weighted by molar-refractivity contribution is 7.16.